The number of aromatic nitrogens is 1. The molecule has 1 aliphatic carbocycles. The maximum Gasteiger partial charge on any atom is 0.136 e. The number of benzene rings is 1. The van der Waals surface area contributed by atoms with Crippen molar-refractivity contribution in [3.8, 4) is 11.1 Å². The molecule has 126 valence electrons. The number of nitrogens with zero attached hydrogens (tertiary/aromatic N) is 1. The van der Waals surface area contributed by atoms with Crippen LogP contribution in [0.2, 0.25) is 5.15 Å². The first-order valence-corrected chi connectivity index (χ1v) is 7.44. The highest BCUT2D eigenvalue weighted by Crippen LogP contribution is 2.35. The summed E-state index contributed by atoms with van der Waals surface area (Å²) in [6.45, 7) is 0.897. The van der Waals surface area contributed by atoms with Gasteiger partial charge in [-0.3, -0.25) is 0 Å². The first-order chi connectivity index (χ1) is 10.1. The van der Waals surface area contributed by atoms with Crippen molar-refractivity contribution < 1.29 is 0 Å². The van der Waals surface area contributed by atoms with E-state index >= 15 is 0 Å². The SMILES string of the molecule is CNC1(CNc2cnc(Cl)c(-c3ccc(N)cc3)c2)CC1.Cl.Cl. The van der Waals surface area contributed by atoms with Gasteiger partial charge >= 0.3 is 0 Å². The molecule has 1 aromatic heterocycles. The Bertz CT molecular complexity index is 642. The smallest absolute Gasteiger partial charge is 0.136 e. The summed E-state index contributed by atoms with van der Waals surface area (Å²) in [4.78, 5) is 4.28. The second-order valence-corrected chi connectivity index (χ2v) is 5.93. The fourth-order valence-electron chi connectivity index (χ4n) is 2.35. The Balaban J connectivity index is 0.00000132. The van der Waals surface area contributed by atoms with Gasteiger partial charge in [-0.25, -0.2) is 4.98 Å². The molecule has 1 aromatic carbocycles. The van der Waals surface area contributed by atoms with Crippen molar-refractivity contribution in [2.24, 2.45) is 0 Å². The topological polar surface area (TPSA) is 63.0 Å². The third-order valence-electron chi connectivity index (χ3n) is 4.08. The van der Waals surface area contributed by atoms with E-state index in [1.807, 2.05) is 37.4 Å². The lowest BCUT2D eigenvalue weighted by molar-refractivity contribution is 0.578. The number of nitrogens with one attached hydrogen (secondary N) is 2. The van der Waals surface area contributed by atoms with Crippen LogP contribution in [-0.2, 0) is 0 Å². The summed E-state index contributed by atoms with van der Waals surface area (Å²) in [5.41, 5.74) is 9.62. The fourth-order valence-corrected chi connectivity index (χ4v) is 2.56. The van der Waals surface area contributed by atoms with Crippen LogP contribution in [0.25, 0.3) is 11.1 Å². The third-order valence-corrected chi connectivity index (χ3v) is 4.38. The normalized spacial score (nSPS) is 14.3. The molecule has 0 amide bonds. The Labute approximate surface area is 154 Å². The maximum absolute atomic E-state index is 6.22. The van der Waals surface area contributed by atoms with Gasteiger partial charge in [-0.1, -0.05) is 23.7 Å². The van der Waals surface area contributed by atoms with E-state index in [4.69, 9.17) is 17.3 Å². The van der Waals surface area contributed by atoms with Crippen LogP contribution in [0.15, 0.2) is 36.5 Å². The van der Waals surface area contributed by atoms with Crippen molar-refractivity contribution in [2.75, 3.05) is 24.6 Å². The van der Waals surface area contributed by atoms with Crippen molar-refractivity contribution >= 4 is 47.8 Å². The van der Waals surface area contributed by atoms with Crippen LogP contribution in [0, 0.1) is 0 Å². The molecule has 23 heavy (non-hydrogen) atoms. The maximum atomic E-state index is 6.22. The molecule has 7 heteroatoms. The van der Waals surface area contributed by atoms with E-state index in [2.05, 4.69) is 15.6 Å². The molecule has 1 aliphatic rings. The van der Waals surface area contributed by atoms with Crippen LogP contribution in [0.5, 0.6) is 0 Å². The minimum Gasteiger partial charge on any atom is -0.399 e. The number of likely N-dealkylation sites (N-methyl/N-ethyl adjacent to an activating group) is 1. The lowest BCUT2D eigenvalue weighted by Crippen LogP contribution is -2.34. The van der Waals surface area contributed by atoms with Gasteiger partial charge in [0.25, 0.3) is 0 Å². The summed E-state index contributed by atoms with van der Waals surface area (Å²) in [6.07, 6.45) is 4.19. The molecule has 2 aromatic rings. The van der Waals surface area contributed by atoms with E-state index in [-0.39, 0.29) is 30.4 Å². The summed E-state index contributed by atoms with van der Waals surface area (Å²) in [5, 5.41) is 7.30. The minimum atomic E-state index is 0. The fraction of sp³-hybridized carbons (Fsp3) is 0.312. The molecule has 0 atom stereocenters. The van der Waals surface area contributed by atoms with Crippen LogP contribution in [0.4, 0.5) is 11.4 Å². The molecule has 0 aliphatic heterocycles. The molecule has 0 radical (unpaired) electrons. The lowest BCUT2D eigenvalue weighted by Gasteiger charge is -2.16. The van der Waals surface area contributed by atoms with Gasteiger partial charge in [-0.15, -0.1) is 24.8 Å². The summed E-state index contributed by atoms with van der Waals surface area (Å²) >= 11 is 6.22. The predicted octanol–water partition coefficient (Wildman–Crippen LogP) is 3.99. The zero-order chi connectivity index (χ0) is 14.9. The summed E-state index contributed by atoms with van der Waals surface area (Å²) in [6, 6.07) is 9.68. The second kappa shape index (κ2) is 8.06. The van der Waals surface area contributed by atoms with E-state index < -0.39 is 0 Å². The number of hydrogen-bond acceptors (Lipinski definition) is 4. The zero-order valence-corrected chi connectivity index (χ0v) is 15.2. The van der Waals surface area contributed by atoms with E-state index in [0.717, 1.165) is 29.0 Å². The van der Waals surface area contributed by atoms with E-state index in [1.54, 1.807) is 6.20 Å². The zero-order valence-electron chi connectivity index (χ0n) is 12.8. The molecular formula is C16H21Cl3N4. The van der Waals surface area contributed by atoms with Gasteiger partial charge in [0.05, 0.1) is 11.9 Å². The molecule has 1 heterocycles. The molecule has 0 spiro atoms. The van der Waals surface area contributed by atoms with Crippen molar-refractivity contribution in [3.63, 3.8) is 0 Å². The van der Waals surface area contributed by atoms with Crippen LogP contribution in [-0.4, -0.2) is 24.1 Å². The Morgan fingerprint density at radius 3 is 2.43 bits per heavy atom. The van der Waals surface area contributed by atoms with E-state index in [9.17, 15) is 0 Å². The molecule has 1 saturated carbocycles. The third kappa shape index (κ3) is 4.64. The largest absolute Gasteiger partial charge is 0.399 e. The van der Waals surface area contributed by atoms with Crippen molar-refractivity contribution in [1.29, 1.82) is 0 Å². The first kappa shape index (κ1) is 19.8. The molecular weight excluding hydrogens is 355 g/mol. The Kier molecular flexibility index (Phi) is 6.96. The highest BCUT2D eigenvalue weighted by molar-refractivity contribution is 6.32. The number of rotatable bonds is 5. The molecule has 0 bridgehead atoms. The quantitative estimate of drug-likeness (QED) is 0.546. The van der Waals surface area contributed by atoms with Gasteiger partial charge in [-0.2, -0.15) is 0 Å². The van der Waals surface area contributed by atoms with E-state index in [0.29, 0.717) is 5.15 Å². The van der Waals surface area contributed by atoms with Gasteiger partial charge in [-0.05, 0) is 43.7 Å². The standard InChI is InChI=1S/C16H19ClN4.2ClH/c1-19-16(6-7-16)10-21-13-8-14(15(17)20-9-13)11-2-4-12(18)5-3-11;;/h2-5,8-9,19,21H,6-7,10,18H2,1H3;2*1H. The highest BCUT2D eigenvalue weighted by atomic mass is 35.5. The summed E-state index contributed by atoms with van der Waals surface area (Å²) in [7, 11) is 2.01. The number of hydrogen-bond donors (Lipinski definition) is 3. The molecule has 1 fully saturated rings. The van der Waals surface area contributed by atoms with Crippen molar-refractivity contribution in [3.05, 3.63) is 41.7 Å². The van der Waals surface area contributed by atoms with Gasteiger partial charge in [0.15, 0.2) is 0 Å². The average Bonchev–Trinajstić information content (AvgIpc) is 3.28. The summed E-state index contributed by atoms with van der Waals surface area (Å²) < 4.78 is 0. The molecule has 4 N–H and O–H groups in total. The molecule has 0 saturated heterocycles. The number of anilines is 2. The number of pyridine rings is 1. The Hall–Kier alpha value is -1.20. The van der Waals surface area contributed by atoms with Crippen LogP contribution < -0.4 is 16.4 Å². The minimum absolute atomic E-state index is 0. The average molecular weight is 376 g/mol. The van der Waals surface area contributed by atoms with Crippen LogP contribution in [0.1, 0.15) is 12.8 Å². The molecule has 3 rings (SSSR count). The summed E-state index contributed by atoms with van der Waals surface area (Å²) in [5.74, 6) is 0. The van der Waals surface area contributed by atoms with Crippen molar-refractivity contribution in [2.45, 2.75) is 18.4 Å². The first-order valence-electron chi connectivity index (χ1n) is 7.06. The Morgan fingerprint density at radius 1 is 1.22 bits per heavy atom. The lowest BCUT2D eigenvalue weighted by atomic mass is 10.1. The van der Waals surface area contributed by atoms with Gasteiger partial charge < -0.3 is 16.4 Å². The number of nitrogens with two attached hydrogens (primary N) is 1. The second-order valence-electron chi connectivity index (χ2n) is 5.57. The van der Waals surface area contributed by atoms with Crippen molar-refractivity contribution in [1.82, 2.24) is 10.3 Å². The molecule has 4 nitrogen and oxygen atoms in total. The predicted molar refractivity (Wildman–Crippen MR) is 103 cm³/mol. The van der Waals surface area contributed by atoms with Gasteiger partial charge in [0.2, 0.25) is 0 Å². The monoisotopic (exact) mass is 374 g/mol. The highest BCUT2D eigenvalue weighted by Gasteiger charge is 2.40. The Morgan fingerprint density at radius 2 is 1.87 bits per heavy atom. The van der Waals surface area contributed by atoms with Gasteiger partial charge in [0.1, 0.15) is 5.15 Å². The molecule has 0 unspecified atom stereocenters. The van der Waals surface area contributed by atoms with E-state index in [1.165, 1.54) is 12.8 Å². The number of halogens is 3. The number of nitrogen functional groups attached to an aromatic ring is 1. The van der Waals surface area contributed by atoms with Crippen LogP contribution >= 0.6 is 36.4 Å². The van der Waals surface area contributed by atoms with Gasteiger partial charge in [0, 0.05) is 23.3 Å². The van der Waals surface area contributed by atoms with Crippen LogP contribution in [0.3, 0.4) is 0 Å².